The smallest absolute Gasteiger partial charge is 0.279 e. The molecule has 3 rings (SSSR count). The van der Waals surface area contributed by atoms with E-state index in [-0.39, 0.29) is 11.4 Å². The zero-order valence-corrected chi connectivity index (χ0v) is 10.0. The Labute approximate surface area is 108 Å². The van der Waals surface area contributed by atoms with Gasteiger partial charge in [0.1, 0.15) is 5.82 Å². The third-order valence-corrected chi connectivity index (χ3v) is 2.92. The molecule has 94 valence electrons. The number of nitrogens with one attached hydrogen (secondary N) is 1. The van der Waals surface area contributed by atoms with E-state index < -0.39 is 0 Å². The van der Waals surface area contributed by atoms with Crippen molar-refractivity contribution in [3.8, 4) is 16.8 Å². The van der Waals surface area contributed by atoms with E-state index in [1.807, 2.05) is 30.3 Å². The van der Waals surface area contributed by atoms with Gasteiger partial charge in [0.05, 0.1) is 11.3 Å². The molecule has 19 heavy (non-hydrogen) atoms. The predicted molar refractivity (Wildman–Crippen MR) is 71.8 cm³/mol. The van der Waals surface area contributed by atoms with Gasteiger partial charge in [0.2, 0.25) is 0 Å². The van der Waals surface area contributed by atoms with Gasteiger partial charge in [0, 0.05) is 6.20 Å². The maximum Gasteiger partial charge on any atom is 0.279 e. The van der Waals surface area contributed by atoms with Crippen LogP contribution in [-0.2, 0) is 0 Å². The van der Waals surface area contributed by atoms with E-state index in [1.165, 1.54) is 16.8 Å². The van der Waals surface area contributed by atoms with Gasteiger partial charge in [-0.2, -0.15) is 0 Å². The summed E-state index contributed by atoms with van der Waals surface area (Å²) in [6.45, 7) is 0. The lowest BCUT2D eigenvalue weighted by molar-refractivity contribution is 0.625. The lowest BCUT2D eigenvalue weighted by atomic mass is 10.1. The Hall–Kier alpha value is -2.62. The van der Waals surface area contributed by atoms with Gasteiger partial charge >= 0.3 is 0 Å². The van der Waals surface area contributed by atoms with Crippen molar-refractivity contribution in [3.63, 3.8) is 0 Å². The molecule has 0 amide bonds. The first-order chi connectivity index (χ1) is 9.25. The Balaban J connectivity index is 2.12. The van der Waals surface area contributed by atoms with Gasteiger partial charge in [-0.1, -0.05) is 36.4 Å². The van der Waals surface area contributed by atoms with Crippen LogP contribution in [0.3, 0.4) is 0 Å². The Kier molecular flexibility index (Phi) is 2.76. The fourth-order valence-corrected chi connectivity index (χ4v) is 2.00. The highest BCUT2D eigenvalue weighted by molar-refractivity contribution is 5.61. The SMILES string of the molecule is O=c1c(-c2ccccc2)c[nH]n1-c1cccc(F)c1. The molecule has 4 heteroatoms. The normalized spacial score (nSPS) is 10.6. The van der Waals surface area contributed by atoms with Crippen LogP contribution in [-0.4, -0.2) is 9.78 Å². The van der Waals surface area contributed by atoms with Crippen molar-refractivity contribution in [2.24, 2.45) is 0 Å². The summed E-state index contributed by atoms with van der Waals surface area (Å²) < 4.78 is 14.5. The van der Waals surface area contributed by atoms with Crippen LogP contribution in [0.1, 0.15) is 0 Å². The fraction of sp³-hybridized carbons (Fsp3) is 0. The van der Waals surface area contributed by atoms with E-state index in [0.29, 0.717) is 11.3 Å². The third kappa shape index (κ3) is 2.08. The second-order valence-electron chi connectivity index (χ2n) is 4.17. The number of hydrogen-bond acceptors (Lipinski definition) is 1. The van der Waals surface area contributed by atoms with Gasteiger partial charge in [-0.25, -0.2) is 9.07 Å². The van der Waals surface area contributed by atoms with Crippen LogP contribution >= 0.6 is 0 Å². The molecule has 1 N–H and O–H groups in total. The highest BCUT2D eigenvalue weighted by atomic mass is 19.1. The zero-order chi connectivity index (χ0) is 13.2. The van der Waals surface area contributed by atoms with Crippen molar-refractivity contribution in [2.45, 2.75) is 0 Å². The second-order valence-corrected chi connectivity index (χ2v) is 4.17. The molecule has 0 aliphatic rings. The summed E-state index contributed by atoms with van der Waals surface area (Å²) in [7, 11) is 0. The van der Waals surface area contributed by atoms with Gasteiger partial charge in [-0.15, -0.1) is 0 Å². The second kappa shape index (κ2) is 4.57. The van der Waals surface area contributed by atoms with Crippen molar-refractivity contribution in [2.75, 3.05) is 0 Å². The summed E-state index contributed by atoms with van der Waals surface area (Å²) in [5.74, 6) is -0.375. The fourth-order valence-electron chi connectivity index (χ4n) is 2.00. The van der Waals surface area contributed by atoms with Crippen LogP contribution in [0.25, 0.3) is 16.8 Å². The van der Waals surface area contributed by atoms with Crippen LogP contribution in [0.5, 0.6) is 0 Å². The minimum atomic E-state index is -0.375. The first-order valence-corrected chi connectivity index (χ1v) is 5.87. The first kappa shape index (κ1) is 11.5. The molecule has 3 aromatic rings. The highest BCUT2D eigenvalue weighted by Gasteiger charge is 2.09. The van der Waals surface area contributed by atoms with Gasteiger partial charge in [0.25, 0.3) is 5.56 Å². The third-order valence-electron chi connectivity index (χ3n) is 2.92. The van der Waals surface area contributed by atoms with E-state index in [9.17, 15) is 9.18 Å². The standard InChI is InChI=1S/C15H11FN2O/c16-12-7-4-8-13(9-12)18-15(19)14(10-17-18)11-5-2-1-3-6-11/h1-10,17H. The zero-order valence-electron chi connectivity index (χ0n) is 10.0. The molecule has 2 aromatic carbocycles. The molecule has 0 atom stereocenters. The summed E-state index contributed by atoms with van der Waals surface area (Å²) in [5, 5.41) is 2.85. The first-order valence-electron chi connectivity index (χ1n) is 5.87. The molecule has 1 aromatic heterocycles. The van der Waals surface area contributed by atoms with Crippen molar-refractivity contribution in [3.05, 3.63) is 77.0 Å². The summed E-state index contributed by atoms with van der Waals surface area (Å²) in [6.07, 6.45) is 1.63. The molecule has 0 radical (unpaired) electrons. The van der Waals surface area contributed by atoms with Gasteiger partial charge in [0.15, 0.2) is 0 Å². The van der Waals surface area contributed by atoms with Gasteiger partial charge < -0.3 is 0 Å². The molecule has 0 aliphatic heterocycles. The van der Waals surface area contributed by atoms with Crippen molar-refractivity contribution in [1.82, 2.24) is 9.78 Å². The largest absolute Gasteiger partial charge is 0.298 e. The van der Waals surface area contributed by atoms with Gasteiger partial charge in [-0.05, 0) is 23.8 Å². The molecule has 0 unspecified atom stereocenters. The van der Waals surface area contributed by atoms with E-state index in [2.05, 4.69) is 5.10 Å². The minimum absolute atomic E-state index is 0.197. The quantitative estimate of drug-likeness (QED) is 0.750. The number of nitrogens with zero attached hydrogens (tertiary/aromatic N) is 1. The predicted octanol–water partition coefficient (Wildman–Crippen LogP) is 2.97. The van der Waals surface area contributed by atoms with E-state index in [0.717, 1.165) is 5.56 Å². The number of rotatable bonds is 2. The molecule has 3 nitrogen and oxygen atoms in total. The van der Waals surface area contributed by atoms with Crippen LogP contribution < -0.4 is 5.56 Å². The Morgan fingerprint density at radius 1 is 1.00 bits per heavy atom. The Morgan fingerprint density at radius 2 is 1.79 bits per heavy atom. The molecule has 0 saturated carbocycles. The molecule has 0 saturated heterocycles. The average molecular weight is 254 g/mol. The number of aromatic nitrogens is 2. The number of benzene rings is 2. The molecule has 0 aliphatic carbocycles. The summed E-state index contributed by atoms with van der Waals surface area (Å²) in [6, 6.07) is 15.3. The van der Waals surface area contributed by atoms with Crippen molar-refractivity contribution in [1.29, 1.82) is 0 Å². The molecular formula is C15H11FN2O. The highest BCUT2D eigenvalue weighted by Crippen LogP contribution is 2.15. The lowest BCUT2D eigenvalue weighted by Gasteiger charge is -2.00. The summed E-state index contributed by atoms with van der Waals surface area (Å²) in [4.78, 5) is 12.3. The number of hydrogen-bond donors (Lipinski definition) is 1. The topological polar surface area (TPSA) is 37.8 Å². The number of aromatic amines is 1. The molecule has 0 spiro atoms. The number of H-pyrrole nitrogens is 1. The van der Waals surface area contributed by atoms with Crippen molar-refractivity contribution < 1.29 is 4.39 Å². The molecule has 0 bridgehead atoms. The van der Waals surface area contributed by atoms with E-state index in [4.69, 9.17) is 0 Å². The lowest BCUT2D eigenvalue weighted by Crippen LogP contribution is -2.15. The number of halogens is 1. The summed E-state index contributed by atoms with van der Waals surface area (Å²) in [5.41, 5.74) is 1.67. The van der Waals surface area contributed by atoms with Crippen LogP contribution in [0.15, 0.2) is 65.6 Å². The van der Waals surface area contributed by atoms with Crippen LogP contribution in [0.4, 0.5) is 4.39 Å². The van der Waals surface area contributed by atoms with Crippen LogP contribution in [0, 0.1) is 5.82 Å². The van der Waals surface area contributed by atoms with Crippen molar-refractivity contribution >= 4 is 0 Å². The van der Waals surface area contributed by atoms with E-state index >= 15 is 0 Å². The van der Waals surface area contributed by atoms with Gasteiger partial charge in [-0.3, -0.25) is 9.89 Å². The van der Waals surface area contributed by atoms with E-state index in [1.54, 1.807) is 18.3 Å². The minimum Gasteiger partial charge on any atom is -0.298 e. The monoisotopic (exact) mass is 254 g/mol. The Bertz CT molecular complexity index is 759. The maximum atomic E-state index is 13.2. The molecular weight excluding hydrogens is 243 g/mol. The van der Waals surface area contributed by atoms with Crippen LogP contribution in [0.2, 0.25) is 0 Å². The average Bonchev–Trinajstić information content (AvgIpc) is 2.81. The molecule has 1 heterocycles. The summed E-state index contributed by atoms with van der Waals surface area (Å²) >= 11 is 0. The maximum absolute atomic E-state index is 13.2. The molecule has 0 fully saturated rings. The Morgan fingerprint density at radius 3 is 2.53 bits per heavy atom.